The van der Waals surface area contributed by atoms with E-state index in [-0.39, 0.29) is 23.8 Å². The number of piperidine rings is 2. The van der Waals surface area contributed by atoms with E-state index in [0.717, 1.165) is 57.4 Å². The fraction of sp³-hybridized carbons (Fsp3) is 0.667. The molecule has 1 spiro atoms. The van der Waals surface area contributed by atoms with Crippen LogP contribution >= 0.6 is 0 Å². The van der Waals surface area contributed by atoms with Gasteiger partial charge in [-0.3, -0.25) is 9.59 Å². The van der Waals surface area contributed by atoms with Crippen molar-refractivity contribution in [3.63, 3.8) is 0 Å². The molecular weight excluding hydrogens is 378 g/mol. The van der Waals surface area contributed by atoms with E-state index in [4.69, 9.17) is 4.74 Å². The van der Waals surface area contributed by atoms with Crippen LogP contribution in [0.1, 0.15) is 55.5 Å². The van der Waals surface area contributed by atoms with E-state index in [0.29, 0.717) is 17.9 Å². The van der Waals surface area contributed by atoms with Gasteiger partial charge < -0.3 is 19.4 Å². The summed E-state index contributed by atoms with van der Waals surface area (Å²) in [5.74, 6) is 0.619. The zero-order valence-corrected chi connectivity index (χ0v) is 18.9. The van der Waals surface area contributed by atoms with E-state index < -0.39 is 5.60 Å². The highest BCUT2D eigenvalue weighted by Crippen LogP contribution is 2.36. The summed E-state index contributed by atoms with van der Waals surface area (Å²) in [6.45, 7) is 10.4. The van der Waals surface area contributed by atoms with Gasteiger partial charge in [0.05, 0.1) is 12.1 Å². The number of hydrogen-bond donors (Lipinski definition) is 0. The van der Waals surface area contributed by atoms with Crippen molar-refractivity contribution in [3.8, 4) is 5.75 Å². The summed E-state index contributed by atoms with van der Waals surface area (Å²) in [6, 6.07) is 5.81. The maximum atomic E-state index is 13.5. The second-order valence-electron chi connectivity index (χ2n) is 10.3. The summed E-state index contributed by atoms with van der Waals surface area (Å²) in [5.41, 5.74) is 1.31. The third kappa shape index (κ3) is 4.34. The molecule has 2 amide bonds. The Balaban J connectivity index is 1.60. The lowest BCUT2D eigenvalue weighted by atomic mass is 9.84. The van der Waals surface area contributed by atoms with Crippen LogP contribution in [0, 0.1) is 12.3 Å². The van der Waals surface area contributed by atoms with Gasteiger partial charge in [-0.25, -0.2) is 0 Å². The van der Waals surface area contributed by atoms with Crippen LogP contribution in [0.15, 0.2) is 18.2 Å². The van der Waals surface area contributed by atoms with Crippen molar-refractivity contribution in [2.45, 2.75) is 52.1 Å². The number of benzene rings is 1. The molecule has 4 rings (SSSR count). The van der Waals surface area contributed by atoms with Crippen LogP contribution in [0.3, 0.4) is 0 Å². The monoisotopic (exact) mass is 413 g/mol. The fourth-order valence-corrected chi connectivity index (χ4v) is 5.07. The SMILES string of the molecule is Cc1ccc2c(c1)C(=O)N(CC(=O)N1CCCC(C)(C)C1)CC1(CCN(C)CC1)O2. The zero-order valence-electron chi connectivity index (χ0n) is 18.9. The molecule has 0 bridgehead atoms. The molecule has 3 aliphatic heterocycles. The second-order valence-corrected chi connectivity index (χ2v) is 10.3. The van der Waals surface area contributed by atoms with E-state index in [1.165, 1.54) is 0 Å². The quantitative estimate of drug-likeness (QED) is 0.748. The number of amides is 2. The molecule has 0 radical (unpaired) electrons. The van der Waals surface area contributed by atoms with Crippen LogP contribution in [0.4, 0.5) is 0 Å². The summed E-state index contributed by atoms with van der Waals surface area (Å²) < 4.78 is 6.54. The Morgan fingerprint density at radius 2 is 1.83 bits per heavy atom. The molecule has 3 aliphatic rings. The van der Waals surface area contributed by atoms with Gasteiger partial charge >= 0.3 is 0 Å². The molecule has 1 aromatic rings. The number of nitrogens with zero attached hydrogens (tertiary/aromatic N) is 3. The van der Waals surface area contributed by atoms with E-state index in [2.05, 4.69) is 25.8 Å². The number of fused-ring (bicyclic) bond motifs is 1. The summed E-state index contributed by atoms with van der Waals surface area (Å²) in [4.78, 5) is 32.7. The maximum Gasteiger partial charge on any atom is 0.258 e. The molecule has 3 heterocycles. The first-order chi connectivity index (χ1) is 14.2. The molecular formula is C24H35N3O3. The van der Waals surface area contributed by atoms with E-state index in [1.54, 1.807) is 4.90 Å². The van der Waals surface area contributed by atoms with Gasteiger partial charge in [0.25, 0.3) is 5.91 Å². The highest BCUT2D eigenvalue weighted by Gasteiger charge is 2.43. The van der Waals surface area contributed by atoms with Gasteiger partial charge in [0.15, 0.2) is 0 Å². The molecule has 0 saturated carbocycles. The number of hydrogen-bond acceptors (Lipinski definition) is 4. The summed E-state index contributed by atoms with van der Waals surface area (Å²) in [5, 5.41) is 0. The first-order valence-corrected chi connectivity index (χ1v) is 11.2. The van der Waals surface area contributed by atoms with Crippen molar-refractivity contribution in [2.75, 3.05) is 46.3 Å². The van der Waals surface area contributed by atoms with Gasteiger partial charge in [-0.15, -0.1) is 0 Å². The van der Waals surface area contributed by atoms with E-state index in [9.17, 15) is 9.59 Å². The second kappa shape index (κ2) is 7.88. The standard InChI is InChI=1S/C24H35N3O3/c1-18-6-7-20-19(14-18)22(29)27(17-24(30-20)9-12-25(4)13-10-24)15-21(28)26-11-5-8-23(2,3)16-26/h6-7,14H,5,8-13,15-17H2,1-4H3. The zero-order chi connectivity index (χ0) is 21.5. The van der Waals surface area contributed by atoms with Crippen LogP contribution in [0.2, 0.25) is 0 Å². The van der Waals surface area contributed by atoms with Crippen LogP contribution in [-0.2, 0) is 4.79 Å². The lowest BCUT2D eigenvalue weighted by Crippen LogP contribution is -2.55. The van der Waals surface area contributed by atoms with Crippen molar-refractivity contribution in [1.29, 1.82) is 0 Å². The third-order valence-corrected chi connectivity index (χ3v) is 6.94. The maximum absolute atomic E-state index is 13.5. The number of ether oxygens (including phenoxy) is 1. The Morgan fingerprint density at radius 3 is 2.53 bits per heavy atom. The fourth-order valence-electron chi connectivity index (χ4n) is 5.07. The Kier molecular flexibility index (Phi) is 5.56. The van der Waals surface area contributed by atoms with Gasteiger partial charge in [-0.2, -0.15) is 0 Å². The van der Waals surface area contributed by atoms with Crippen LogP contribution < -0.4 is 4.74 Å². The molecule has 0 N–H and O–H groups in total. The van der Waals surface area contributed by atoms with Crippen molar-refractivity contribution in [1.82, 2.24) is 14.7 Å². The highest BCUT2D eigenvalue weighted by atomic mass is 16.5. The third-order valence-electron chi connectivity index (χ3n) is 6.94. The molecule has 30 heavy (non-hydrogen) atoms. The first kappa shape index (κ1) is 21.2. The summed E-state index contributed by atoms with van der Waals surface area (Å²) >= 11 is 0. The van der Waals surface area contributed by atoms with Crippen molar-refractivity contribution in [2.24, 2.45) is 5.41 Å². The molecule has 0 aromatic heterocycles. The largest absolute Gasteiger partial charge is 0.484 e. The first-order valence-electron chi connectivity index (χ1n) is 11.2. The van der Waals surface area contributed by atoms with Gasteiger partial charge in [-0.1, -0.05) is 25.5 Å². The molecule has 0 aliphatic carbocycles. The Morgan fingerprint density at radius 1 is 1.10 bits per heavy atom. The normalized spacial score (nSPS) is 23.7. The van der Waals surface area contributed by atoms with Gasteiger partial charge in [0.1, 0.15) is 17.9 Å². The molecule has 0 atom stereocenters. The van der Waals surface area contributed by atoms with Crippen molar-refractivity contribution in [3.05, 3.63) is 29.3 Å². The predicted molar refractivity (Wildman–Crippen MR) is 117 cm³/mol. The molecule has 2 fully saturated rings. The van der Waals surface area contributed by atoms with E-state index >= 15 is 0 Å². The number of carbonyl (C=O) groups is 2. The average Bonchev–Trinajstić information content (AvgIpc) is 2.79. The number of aryl methyl sites for hydroxylation is 1. The minimum Gasteiger partial charge on any atom is -0.484 e. The number of carbonyl (C=O) groups excluding carboxylic acids is 2. The Bertz CT molecular complexity index is 827. The Labute approximate surface area is 180 Å². The smallest absolute Gasteiger partial charge is 0.258 e. The lowest BCUT2D eigenvalue weighted by Gasteiger charge is -2.42. The highest BCUT2D eigenvalue weighted by molar-refractivity contribution is 5.99. The van der Waals surface area contributed by atoms with Crippen LogP contribution in [0.5, 0.6) is 5.75 Å². The molecule has 0 unspecified atom stereocenters. The van der Waals surface area contributed by atoms with Gasteiger partial charge in [0.2, 0.25) is 5.91 Å². The lowest BCUT2D eigenvalue weighted by molar-refractivity contribution is -0.135. The summed E-state index contributed by atoms with van der Waals surface area (Å²) in [6.07, 6.45) is 3.86. The molecule has 2 saturated heterocycles. The van der Waals surface area contributed by atoms with Crippen LogP contribution in [-0.4, -0.2) is 78.4 Å². The predicted octanol–water partition coefficient (Wildman–Crippen LogP) is 2.94. The van der Waals surface area contributed by atoms with E-state index in [1.807, 2.05) is 30.0 Å². The summed E-state index contributed by atoms with van der Waals surface area (Å²) in [7, 11) is 2.12. The van der Waals surface area contributed by atoms with Crippen LogP contribution in [0.25, 0.3) is 0 Å². The minimum atomic E-state index is -0.426. The molecule has 1 aromatic carbocycles. The minimum absolute atomic E-state index is 0.0512. The molecule has 6 nitrogen and oxygen atoms in total. The average molecular weight is 414 g/mol. The van der Waals surface area contributed by atoms with Crippen molar-refractivity contribution < 1.29 is 14.3 Å². The van der Waals surface area contributed by atoms with Crippen molar-refractivity contribution >= 4 is 11.8 Å². The molecule has 6 heteroatoms. The Hall–Kier alpha value is -2.08. The number of likely N-dealkylation sites (tertiary alicyclic amines) is 2. The molecule has 164 valence electrons. The van der Waals surface area contributed by atoms with Gasteiger partial charge in [0, 0.05) is 39.0 Å². The van der Waals surface area contributed by atoms with Gasteiger partial charge in [-0.05, 0) is 44.4 Å². The topological polar surface area (TPSA) is 53.1 Å². The number of rotatable bonds is 2.